The van der Waals surface area contributed by atoms with Gasteiger partial charge in [0.1, 0.15) is 5.76 Å². The van der Waals surface area contributed by atoms with Crippen molar-refractivity contribution in [1.82, 2.24) is 4.98 Å². The van der Waals surface area contributed by atoms with E-state index in [9.17, 15) is 0 Å². The molecule has 0 unspecified atom stereocenters. The second kappa shape index (κ2) is 5.44. The predicted molar refractivity (Wildman–Crippen MR) is 84.9 cm³/mol. The summed E-state index contributed by atoms with van der Waals surface area (Å²) in [6.45, 7) is 0. The summed E-state index contributed by atoms with van der Waals surface area (Å²) in [6, 6.07) is 9.79. The summed E-state index contributed by atoms with van der Waals surface area (Å²) in [5.41, 5.74) is 3.86. The van der Waals surface area contributed by atoms with Crippen molar-refractivity contribution in [3.05, 3.63) is 45.2 Å². The number of nitrogens with one attached hydrogen (secondary N) is 1. The minimum absolute atomic E-state index is 0.646. The molecule has 2 heterocycles. The standard InChI is InChI=1S/C12H7Br2N3OS/c13-8-5-7(18-11(8)14)6-15-17-12-16-9-3-1-2-4-10(9)19-12/h1-6H,(H,16,17)/b15-6+. The number of hydrazone groups is 1. The number of fused-ring (bicyclic) bond motifs is 1. The van der Waals surface area contributed by atoms with Crippen LogP contribution in [0.4, 0.5) is 5.13 Å². The molecule has 3 rings (SSSR count). The summed E-state index contributed by atoms with van der Waals surface area (Å²) >= 11 is 8.17. The minimum Gasteiger partial charge on any atom is -0.447 e. The van der Waals surface area contributed by atoms with Gasteiger partial charge in [0.25, 0.3) is 0 Å². The van der Waals surface area contributed by atoms with E-state index in [1.54, 1.807) is 17.6 Å². The molecule has 0 amide bonds. The lowest BCUT2D eigenvalue weighted by Crippen LogP contribution is -1.88. The van der Waals surface area contributed by atoms with Crippen molar-refractivity contribution in [2.24, 2.45) is 5.10 Å². The van der Waals surface area contributed by atoms with Crippen LogP contribution >= 0.6 is 43.2 Å². The van der Waals surface area contributed by atoms with Gasteiger partial charge >= 0.3 is 0 Å². The fourth-order valence-electron chi connectivity index (χ4n) is 1.50. The first-order valence-electron chi connectivity index (χ1n) is 5.32. The van der Waals surface area contributed by atoms with Gasteiger partial charge in [-0.3, -0.25) is 5.43 Å². The summed E-state index contributed by atoms with van der Waals surface area (Å²) < 4.78 is 8.01. The molecule has 0 spiro atoms. The van der Waals surface area contributed by atoms with Crippen LogP contribution in [0, 0.1) is 0 Å². The van der Waals surface area contributed by atoms with Gasteiger partial charge in [-0.25, -0.2) is 4.98 Å². The SMILES string of the molecule is Brc1cc(/C=N/Nc2nc3ccccc3s2)oc1Br. The Morgan fingerprint density at radius 1 is 1.32 bits per heavy atom. The van der Waals surface area contributed by atoms with Crippen LogP contribution in [0.2, 0.25) is 0 Å². The maximum absolute atomic E-state index is 5.37. The summed E-state index contributed by atoms with van der Waals surface area (Å²) in [6.07, 6.45) is 1.60. The maximum atomic E-state index is 5.37. The van der Waals surface area contributed by atoms with Gasteiger partial charge in [0.15, 0.2) is 4.67 Å². The highest BCUT2D eigenvalue weighted by Crippen LogP contribution is 2.27. The fraction of sp³-hybridized carbons (Fsp3) is 0. The second-order valence-corrected chi connectivity index (χ2v) is 6.23. The van der Waals surface area contributed by atoms with Crippen molar-refractivity contribution in [2.75, 3.05) is 5.43 Å². The molecule has 0 radical (unpaired) electrons. The molecule has 0 bridgehead atoms. The average molecular weight is 401 g/mol. The number of rotatable bonds is 3. The number of thiazole rings is 1. The third kappa shape index (κ3) is 2.88. The summed E-state index contributed by atoms with van der Waals surface area (Å²) in [4.78, 5) is 4.41. The first-order valence-corrected chi connectivity index (χ1v) is 7.72. The van der Waals surface area contributed by atoms with Crippen LogP contribution in [0.15, 0.2) is 49.0 Å². The lowest BCUT2D eigenvalue weighted by molar-refractivity contribution is 0.533. The van der Waals surface area contributed by atoms with Crippen molar-refractivity contribution < 1.29 is 4.42 Å². The Kier molecular flexibility index (Phi) is 3.67. The number of aromatic nitrogens is 1. The van der Waals surface area contributed by atoms with Gasteiger partial charge in [-0.05, 0) is 44.0 Å². The molecular weight excluding hydrogens is 394 g/mol. The zero-order valence-corrected chi connectivity index (χ0v) is 13.4. The van der Waals surface area contributed by atoms with E-state index in [1.165, 1.54) is 0 Å². The van der Waals surface area contributed by atoms with E-state index in [0.717, 1.165) is 19.8 Å². The van der Waals surface area contributed by atoms with Gasteiger partial charge in [0.2, 0.25) is 5.13 Å². The molecule has 0 saturated carbocycles. The third-order valence-corrected chi connectivity index (χ3v) is 4.96. The van der Waals surface area contributed by atoms with Crippen LogP contribution in [0.25, 0.3) is 10.2 Å². The van der Waals surface area contributed by atoms with Crippen LogP contribution in [-0.2, 0) is 0 Å². The molecule has 0 saturated heterocycles. The highest BCUT2D eigenvalue weighted by atomic mass is 79.9. The largest absolute Gasteiger partial charge is 0.447 e. The van der Waals surface area contributed by atoms with Crippen molar-refractivity contribution in [2.45, 2.75) is 0 Å². The smallest absolute Gasteiger partial charge is 0.204 e. The fourth-order valence-corrected chi connectivity index (χ4v) is 2.92. The average Bonchev–Trinajstić information content (AvgIpc) is 2.93. The molecule has 1 N–H and O–H groups in total. The van der Waals surface area contributed by atoms with Crippen molar-refractivity contribution in [3.63, 3.8) is 0 Å². The number of nitrogens with zero attached hydrogens (tertiary/aromatic N) is 2. The molecule has 19 heavy (non-hydrogen) atoms. The van der Waals surface area contributed by atoms with E-state index in [-0.39, 0.29) is 0 Å². The van der Waals surface area contributed by atoms with E-state index >= 15 is 0 Å². The Morgan fingerprint density at radius 3 is 2.89 bits per heavy atom. The minimum atomic E-state index is 0.646. The number of furan rings is 1. The molecule has 96 valence electrons. The van der Waals surface area contributed by atoms with Crippen molar-refractivity contribution >= 4 is 64.8 Å². The highest BCUT2D eigenvalue weighted by Gasteiger charge is 2.04. The van der Waals surface area contributed by atoms with Crippen molar-refractivity contribution in [1.29, 1.82) is 0 Å². The molecular formula is C12H7Br2N3OS. The van der Waals surface area contributed by atoms with Crippen LogP contribution in [0.3, 0.4) is 0 Å². The van der Waals surface area contributed by atoms with Gasteiger partial charge in [-0.2, -0.15) is 5.10 Å². The first kappa shape index (κ1) is 12.8. The number of anilines is 1. The molecule has 4 nitrogen and oxygen atoms in total. The van der Waals surface area contributed by atoms with E-state index in [2.05, 4.69) is 47.4 Å². The quantitative estimate of drug-likeness (QED) is 0.504. The lowest BCUT2D eigenvalue weighted by atomic mass is 10.3. The summed E-state index contributed by atoms with van der Waals surface area (Å²) in [5, 5.41) is 4.85. The molecule has 2 aromatic heterocycles. The van der Waals surface area contributed by atoms with Gasteiger partial charge in [-0.1, -0.05) is 23.5 Å². The third-order valence-electron chi connectivity index (χ3n) is 2.31. The molecule has 0 aliphatic heterocycles. The monoisotopic (exact) mass is 399 g/mol. The van der Waals surface area contributed by atoms with Gasteiger partial charge in [0, 0.05) is 6.07 Å². The highest BCUT2D eigenvalue weighted by molar-refractivity contribution is 9.13. The predicted octanol–water partition coefficient (Wildman–Crippen LogP) is 4.86. The molecule has 0 aliphatic rings. The normalized spacial score (nSPS) is 11.5. The zero-order chi connectivity index (χ0) is 13.2. The van der Waals surface area contributed by atoms with E-state index in [1.807, 2.05) is 30.3 Å². The van der Waals surface area contributed by atoms with Gasteiger partial charge in [0.05, 0.1) is 20.9 Å². The zero-order valence-electron chi connectivity index (χ0n) is 9.43. The summed E-state index contributed by atoms with van der Waals surface area (Å²) in [7, 11) is 0. The Balaban J connectivity index is 1.74. The Hall–Kier alpha value is -1.18. The van der Waals surface area contributed by atoms with E-state index in [4.69, 9.17) is 4.42 Å². The van der Waals surface area contributed by atoms with Crippen LogP contribution in [0.1, 0.15) is 5.76 Å². The molecule has 3 aromatic rings. The van der Waals surface area contributed by atoms with E-state index < -0.39 is 0 Å². The Labute approximate surface area is 129 Å². The molecule has 0 aliphatic carbocycles. The molecule has 7 heteroatoms. The van der Waals surface area contributed by atoms with Crippen molar-refractivity contribution in [3.8, 4) is 0 Å². The molecule has 0 atom stereocenters. The summed E-state index contributed by atoms with van der Waals surface area (Å²) in [5.74, 6) is 0.646. The van der Waals surface area contributed by atoms with Crippen LogP contribution in [-0.4, -0.2) is 11.2 Å². The number of para-hydroxylation sites is 1. The number of halogens is 2. The van der Waals surface area contributed by atoms with Gasteiger partial charge < -0.3 is 4.42 Å². The maximum Gasteiger partial charge on any atom is 0.204 e. The van der Waals surface area contributed by atoms with Crippen LogP contribution < -0.4 is 5.43 Å². The van der Waals surface area contributed by atoms with Crippen LogP contribution in [0.5, 0.6) is 0 Å². The van der Waals surface area contributed by atoms with Gasteiger partial charge in [-0.15, -0.1) is 0 Å². The molecule has 0 fully saturated rings. The number of hydrogen-bond acceptors (Lipinski definition) is 5. The second-order valence-electron chi connectivity index (χ2n) is 3.63. The topological polar surface area (TPSA) is 50.4 Å². The van der Waals surface area contributed by atoms with E-state index in [0.29, 0.717) is 10.4 Å². The lowest BCUT2D eigenvalue weighted by Gasteiger charge is -1.90. The molecule has 1 aromatic carbocycles. The number of hydrogen-bond donors (Lipinski definition) is 1. The Morgan fingerprint density at radius 2 is 2.16 bits per heavy atom. The Bertz CT molecular complexity index is 698. The number of benzene rings is 1. The first-order chi connectivity index (χ1) is 9.22.